The van der Waals surface area contributed by atoms with Gasteiger partial charge in [-0.05, 0) is 28.2 Å². The van der Waals surface area contributed by atoms with Crippen molar-refractivity contribution >= 4 is 17.7 Å². The minimum Gasteiger partial charge on any atom is -0.368 e. The van der Waals surface area contributed by atoms with E-state index in [1.54, 1.807) is 18.2 Å². The molecule has 0 fully saturated rings. The van der Waals surface area contributed by atoms with Gasteiger partial charge in [0.1, 0.15) is 17.9 Å². The van der Waals surface area contributed by atoms with Crippen LogP contribution in [-0.4, -0.2) is 29.8 Å². The molecule has 0 heterocycles. The quantitative estimate of drug-likeness (QED) is 0.603. The van der Waals surface area contributed by atoms with Crippen molar-refractivity contribution in [3.8, 4) is 0 Å². The number of carbonyl (C=O) groups excluding carboxylic acids is 3. The fourth-order valence-electron chi connectivity index (χ4n) is 3.21. The van der Waals surface area contributed by atoms with E-state index in [4.69, 9.17) is 5.73 Å². The molecule has 0 aromatic heterocycles. The van der Waals surface area contributed by atoms with Crippen molar-refractivity contribution in [3.63, 3.8) is 0 Å². The standard InChI is InChI=1S/C24H30FN3O3/c1-15(29)27-21(14-17-7-5-6-8-19(17)25)23(31)28-20(22(26)30)13-16-9-11-18(12-10-16)24(2,3)4/h5-12,20-21H,13-14H2,1-4H3,(H2,26,30)(H,27,29)(H,28,31)/t20-,21-/m0/s1. The molecule has 2 aromatic rings. The minimum atomic E-state index is -1.04. The molecule has 0 saturated heterocycles. The summed E-state index contributed by atoms with van der Waals surface area (Å²) >= 11 is 0. The molecule has 166 valence electrons. The number of primary amides is 1. The molecule has 0 aliphatic rings. The summed E-state index contributed by atoms with van der Waals surface area (Å²) in [6.07, 6.45) is 0.155. The lowest BCUT2D eigenvalue weighted by atomic mass is 9.86. The first-order chi connectivity index (χ1) is 14.5. The van der Waals surface area contributed by atoms with Crippen LogP contribution in [-0.2, 0) is 32.6 Å². The molecule has 0 saturated carbocycles. The van der Waals surface area contributed by atoms with Gasteiger partial charge in [0.2, 0.25) is 17.7 Å². The van der Waals surface area contributed by atoms with E-state index in [1.807, 2.05) is 24.3 Å². The molecular weight excluding hydrogens is 397 g/mol. The van der Waals surface area contributed by atoms with Crippen LogP contribution in [0.2, 0.25) is 0 Å². The molecule has 2 rings (SSSR count). The monoisotopic (exact) mass is 427 g/mol. The molecule has 3 amide bonds. The number of amides is 3. The van der Waals surface area contributed by atoms with E-state index in [0.29, 0.717) is 0 Å². The van der Waals surface area contributed by atoms with Gasteiger partial charge in [-0.2, -0.15) is 0 Å². The van der Waals surface area contributed by atoms with Gasteiger partial charge in [0.15, 0.2) is 0 Å². The zero-order valence-electron chi connectivity index (χ0n) is 18.4. The van der Waals surface area contributed by atoms with Crippen LogP contribution >= 0.6 is 0 Å². The third kappa shape index (κ3) is 7.20. The minimum absolute atomic E-state index is 0.00583. The van der Waals surface area contributed by atoms with E-state index in [-0.39, 0.29) is 23.8 Å². The predicted molar refractivity (Wildman–Crippen MR) is 118 cm³/mol. The number of nitrogens with one attached hydrogen (secondary N) is 2. The molecule has 0 radical (unpaired) electrons. The first-order valence-corrected chi connectivity index (χ1v) is 10.2. The average Bonchev–Trinajstić information content (AvgIpc) is 2.67. The smallest absolute Gasteiger partial charge is 0.243 e. The lowest BCUT2D eigenvalue weighted by Crippen LogP contribution is -2.54. The highest BCUT2D eigenvalue weighted by Gasteiger charge is 2.26. The number of benzene rings is 2. The van der Waals surface area contributed by atoms with Crippen LogP contribution in [0.15, 0.2) is 48.5 Å². The Morgan fingerprint density at radius 1 is 0.935 bits per heavy atom. The molecule has 0 aliphatic carbocycles. The van der Waals surface area contributed by atoms with Crippen LogP contribution in [0, 0.1) is 5.82 Å². The summed E-state index contributed by atoms with van der Waals surface area (Å²) in [7, 11) is 0. The summed E-state index contributed by atoms with van der Waals surface area (Å²) in [5, 5.41) is 5.12. The Morgan fingerprint density at radius 2 is 1.55 bits per heavy atom. The first-order valence-electron chi connectivity index (χ1n) is 10.2. The molecule has 6 nitrogen and oxygen atoms in total. The van der Waals surface area contributed by atoms with Gasteiger partial charge in [-0.25, -0.2) is 4.39 Å². The summed E-state index contributed by atoms with van der Waals surface area (Å²) in [6, 6.07) is 11.8. The van der Waals surface area contributed by atoms with Gasteiger partial charge in [-0.15, -0.1) is 0 Å². The van der Waals surface area contributed by atoms with Crippen LogP contribution in [0.5, 0.6) is 0 Å². The molecule has 2 atom stereocenters. The van der Waals surface area contributed by atoms with Gasteiger partial charge in [-0.3, -0.25) is 14.4 Å². The second-order valence-corrected chi connectivity index (χ2v) is 8.66. The van der Waals surface area contributed by atoms with Crippen molar-refractivity contribution in [2.24, 2.45) is 5.73 Å². The molecule has 0 unspecified atom stereocenters. The van der Waals surface area contributed by atoms with Gasteiger partial charge in [0, 0.05) is 19.8 Å². The third-order valence-corrected chi connectivity index (χ3v) is 5.00. The van der Waals surface area contributed by atoms with Crippen molar-refractivity contribution in [2.75, 3.05) is 0 Å². The van der Waals surface area contributed by atoms with Gasteiger partial charge in [0.25, 0.3) is 0 Å². The van der Waals surface area contributed by atoms with E-state index in [1.165, 1.54) is 13.0 Å². The number of halogens is 1. The number of nitrogens with two attached hydrogens (primary N) is 1. The van der Waals surface area contributed by atoms with Crippen molar-refractivity contribution in [3.05, 3.63) is 71.0 Å². The Bertz CT molecular complexity index is 936. The van der Waals surface area contributed by atoms with Crippen molar-refractivity contribution in [1.82, 2.24) is 10.6 Å². The number of carbonyl (C=O) groups is 3. The fraction of sp³-hybridized carbons (Fsp3) is 0.375. The lowest BCUT2D eigenvalue weighted by Gasteiger charge is -2.22. The zero-order chi connectivity index (χ0) is 23.2. The molecular formula is C24H30FN3O3. The fourth-order valence-corrected chi connectivity index (χ4v) is 3.21. The maximum Gasteiger partial charge on any atom is 0.243 e. The van der Waals surface area contributed by atoms with E-state index in [9.17, 15) is 18.8 Å². The summed E-state index contributed by atoms with van der Waals surface area (Å²) in [5.74, 6) is -2.21. The van der Waals surface area contributed by atoms with E-state index < -0.39 is 35.6 Å². The van der Waals surface area contributed by atoms with Gasteiger partial charge in [0.05, 0.1) is 0 Å². The zero-order valence-corrected chi connectivity index (χ0v) is 18.4. The van der Waals surface area contributed by atoms with E-state index in [0.717, 1.165) is 11.1 Å². The molecule has 0 bridgehead atoms. The summed E-state index contributed by atoms with van der Waals surface area (Å²) in [5.41, 5.74) is 7.77. The van der Waals surface area contributed by atoms with Gasteiger partial charge >= 0.3 is 0 Å². The molecule has 4 N–H and O–H groups in total. The second-order valence-electron chi connectivity index (χ2n) is 8.66. The Kier molecular flexibility index (Phi) is 7.91. The van der Waals surface area contributed by atoms with Crippen LogP contribution in [0.4, 0.5) is 4.39 Å². The maximum atomic E-state index is 14.0. The molecule has 0 spiro atoms. The first kappa shape index (κ1) is 24.1. The highest BCUT2D eigenvalue weighted by molar-refractivity contribution is 5.91. The Labute approximate surface area is 182 Å². The van der Waals surface area contributed by atoms with Crippen molar-refractivity contribution < 1.29 is 18.8 Å². The third-order valence-electron chi connectivity index (χ3n) is 5.00. The van der Waals surface area contributed by atoms with E-state index >= 15 is 0 Å². The topological polar surface area (TPSA) is 101 Å². The summed E-state index contributed by atoms with van der Waals surface area (Å²) in [6.45, 7) is 7.58. The average molecular weight is 428 g/mol. The van der Waals surface area contributed by atoms with Gasteiger partial charge in [-0.1, -0.05) is 63.2 Å². The van der Waals surface area contributed by atoms with Crippen LogP contribution < -0.4 is 16.4 Å². The predicted octanol–water partition coefficient (Wildman–Crippen LogP) is 2.38. The van der Waals surface area contributed by atoms with Crippen molar-refractivity contribution in [1.29, 1.82) is 0 Å². The van der Waals surface area contributed by atoms with Crippen molar-refractivity contribution in [2.45, 2.75) is 58.0 Å². The largest absolute Gasteiger partial charge is 0.368 e. The molecule has 31 heavy (non-hydrogen) atoms. The molecule has 2 aromatic carbocycles. The Balaban J connectivity index is 2.15. The molecule has 0 aliphatic heterocycles. The lowest BCUT2D eigenvalue weighted by molar-refractivity contribution is -0.130. The van der Waals surface area contributed by atoms with E-state index in [2.05, 4.69) is 31.4 Å². The highest BCUT2D eigenvalue weighted by Crippen LogP contribution is 2.22. The Morgan fingerprint density at radius 3 is 2.06 bits per heavy atom. The van der Waals surface area contributed by atoms with Crippen LogP contribution in [0.3, 0.4) is 0 Å². The second kappa shape index (κ2) is 10.2. The normalized spacial score (nSPS) is 13.2. The highest BCUT2D eigenvalue weighted by atomic mass is 19.1. The van der Waals surface area contributed by atoms with Gasteiger partial charge < -0.3 is 16.4 Å². The summed E-state index contributed by atoms with van der Waals surface area (Å²) < 4.78 is 14.0. The Hall–Kier alpha value is -3.22. The maximum absolute atomic E-state index is 14.0. The summed E-state index contributed by atoms with van der Waals surface area (Å²) in [4.78, 5) is 36.4. The van der Waals surface area contributed by atoms with Crippen LogP contribution in [0.1, 0.15) is 44.4 Å². The number of hydrogen-bond donors (Lipinski definition) is 3. The number of rotatable bonds is 8. The number of hydrogen-bond acceptors (Lipinski definition) is 3. The molecule has 7 heteroatoms. The van der Waals surface area contributed by atoms with Crippen LogP contribution in [0.25, 0.3) is 0 Å². The SMILES string of the molecule is CC(=O)N[C@@H](Cc1ccccc1F)C(=O)N[C@@H](Cc1ccc(C(C)(C)C)cc1)C(N)=O.